The molecule has 1 N–H and O–H groups in total. The van der Waals surface area contributed by atoms with Gasteiger partial charge in [-0.3, -0.25) is 0 Å². The molecule has 1 aliphatic rings. The monoisotopic (exact) mass is 271 g/mol. The summed E-state index contributed by atoms with van der Waals surface area (Å²) in [5, 5.41) is 4.43. The Bertz CT molecular complexity index is 561. The second-order valence-corrected chi connectivity index (χ2v) is 5.76. The minimum absolute atomic E-state index is 0.376. The predicted octanol–water partition coefficient (Wildman–Crippen LogP) is 5.21. The molecule has 1 saturated carbocycles. The molecule has 0 heterocycles. The number of halogens is 1. The molecule has 1 nitrogen and oxygen atoms in total. The van der Waals surface area contributed by atoms with Crippen molar-refractivity contribution in [1.82, 2.24) is 0 Å². The van der Waals surface area contributed by atoms with Crippen LogP contribution in [0.3, 0.4) is 0 Å². The third-order valence-electron chi connectivity index (χ3n) is 3.69. The van der Waals surface area contributed by atoms with E-state index >= 15 is 0 Å². The minimum atomic E-state index is 0.376. The van der Waals surface area contributed by atoms with Crippen molar-refractivity contribution < 1.29 is 0 Å². The van der Waals surface area contributed by atoms with Crippen molar-refractivity contribution in [2.24, 2.45) is 5.92 Å². The van der Waals surface area contributed by atoms with Crippen LogP contribution in [-0.4, -0.2) is 0 Å². The highest BCUT2D eigenvalue weighted by atomic mass is 35.5. The number of nitrogens with one attached hydrogen (secondary N) is 1. The summed E-state index contributed by atoms with van der Waals surface area (Å²) in [7, 11) is 0. The molecular formula is C17H18ClN. The van der Waals surface area contributed by atoms with Crippen LogP contribution in [0.5, 0.6) is 0 Å². The van der Waals surface area contributed by atoms with Gasteiger partial charge < -0.3 is 5.32 Å². The summed E-state index contributed by atoms with van der Waals surface area (Å²) >= 11 is 6.32. The second-order valence-electron chi connectivity index (χ2n) is 5.35. The number of benzene rings is 2. The molecule has 19 heavy (non-hydrogen) atoms. The number of hydrogen-bond donors (Lipinski definition) is 1. The van der Waals surface area contributed by atoms with E-state index in [1.54, 1.807) is 0 Å². The average Bonchev–Trinajstić information content (AvgIpc) is 3.23. The number of aryl methyl sites for hydroxylation is 1. The van der Waals surface area contributed by atoms with Crippen LogP contribution in [-0.2, 0) is 0 Å². The van der Waals surface area contributed by atoms with Gasteiger partial charge in [0, 0.05) is 0 Å². The lowest BCUT2D eigenvalue weighted by atomic mass is 10.0. The van der Waals surface area contributed by atoms with Gasteiger partial charge in [0.15, 0.2) is 0 Å². The van der Waals surface area contributed by atoms with Crippen molar-refractivity contribution in [3.05, 3.63) is 64.7 Å². The number of hydrogen-bond acceptors (Lipinski definition) is 1. The highest BCUT2D eigenvalue weighted by Gasteiger charge is 2.32. The largest absolute Gasteiger partial charge is 0.377 e. The van der Waals surface area contributed by atoms with Gasteiger partial charge in [-0.2, -0.15) is 0 Å². The van der Waals surface area contributed by atoms with Gasteiger partial charge in [-0.1, -0.05) is 48.0 Å². The van der Waals surface area contributed by atoms with Crippen molar-refractivity contribution >= 4 is 17.3 Å². The van der Waals surface area contributed by atoms with E-state index in [4.69, 9.17) is 11.6 Å². The fraction of sp³-hybridized carbons (Fsp3) is 0.294. The van der Waals surface area contributed by atoms with Crippen molar-refractivity contribution in [1.29, 1.82) is 0 Å². The predicted molar refractivity (Wildman–Crippen MR) is 81.7 cm³/mol. The molecule has 1 unspecified atom stereocenters. The zero-order valence-corrected chi connectivity index (χ0v) is 11.8. The molecule has 2 heteroatoms. The summed E-state index contributed by atoms with van der Waals surface area (Å²) in [5.41, 5.74) is 3.58. The molecule has 0 saturated heterocycles. The van der Waals surface area contributed by atoms with Crippen LogP contribution in [0.4, 0.5) is 5.69 Å². The summed E-state index contributed by atoms with van der Waals surface area (Å²) in [6, 6.07) is 17.2. The summed E-state index contributed by atoms with van der Waals surface area (Å²) in [6.07, 6.45) is 2.60. The zero-order valence-electron chi connectivity index (χ0n) is 11.1. The van der Waals surface area contributed by atoms with E-state index in [0.717, 1.165) is 16.6 Å². The Balaban J connectivity index is 1.86. The quantitative estimate of drug-likeness (QED) is 0.805. The number of anilines is 1. The Morgan fingerprint density at radius 1 is 1.11 bits per heavy atom. The van der Waals surface area contributed by atoms with Crippen LogP contribution in [0, 0.1) is 12.8 Å². The summed E-state index contributed by atoms with van der Waals surface area (Å²) < 4.78 is 0. The molecule has 0 aromatic heterocycles. The Morgan fingerprint density at radius 3 is 2.47 bits per heavy atom. The molecule has 0 radical (unpaired) electrons. The third kappa shape index (κ3) is 2.93. The maximum absolute atomic E-state index is 6.32. The molecule has 1 aliphatic carbocycles. The second kappa shape index (κ2) is 5.26. The van der Waals surface area contributed by atoms with Crippen LogP contribution in [0.2, 0.25) is 5.02 Å². The normalized spacial score (nSPS) is 16.1. The van der Waals surface area contributed by atoms with Crippen LogP contribution >= 0.6 is 11.6 Å². The molecule has 1 atom stereocenters. The maximum Gasteiger partial charge on any atom is 0.0640 e. The van der Waals surface area contributed by atoms with E-state index in [0.29, 0.717) is 6.04 Å². The lowest BCUT2D eigenvalue weighted by Crippen LogP contribution is -2.13. The van der Waals surface area contributed by atoms with Crippen molar-refractivity contribution in [2.75, 3.05) is 5.32 Å². The maximum atomic E-state index is 6.32. The first-order valence-corrected chi connectivity index (χ1v) is 7.19. The van der Waals surface area contributed by atoms with Gasteiger partial charge in [0.05, 0.1) is 16.8 Å². The lowest BCUT2D eigenvalue weighted by Gasteiger charge is -2.21. The zero-order chi connectivity index (χ0) is 13.2. The summed E-state index contributed by atoms with van der Waals surface area (Å²) in [6.45, 7) is 2.06. The van der Waals surface area contributed by atoms with E-state index in [9.17, 15) is 0 Å². The van der Waals surface area contributed by atoms with Gasteiger partial charge in [0.25, 0.3) is 0 Å². The molecule has 2 aromatic carbocycles. The molecule has 3 rings (SSSR count). The van der Waals surface area contributed by atoms with Gasteiger partial charge in [0.2, 0.25) is 0 Å². The van der Waals surface area contributed by atoms with Gasteiger partial charge in [-0.05, 0) is 48.9 Å². The van der Waals surface area contributed by atoms with Crippen molar-refractivity contribution in [2.45, 2.75) is 25.8 Å². The minimum Gasteiger partial charge on any atom is -0.377 e. The van der Waals surface area contributed by atoms with E-state index in [1.807, 2.05) is 6.07 Å². The van der Waals surface area contributed by atoms with Gasteiger partial charge in [-0.25, -0.2) is 0 Å². The third-order valence-corrected chi connectivity index (χ3v) is 4.00. The van der Waals surface area contributed by atoms with Crippen molar-refractivity contribution in [3.63, 3.8) is 0 Å². The van der Waals surface area contributed by atoms with Crippen molar-refractivity contribution in [3.8, 4) is 0 Å². The van der Waals surface area contributed by atoms with Crippen LogP contribution in [0.25, 0.3) is 0 Å². The molecule has 0 spiro atoms. The fourth-order valence-corrected chi connectivity index (χ4v) is 2.76. The Hall–Kier alpha value is -1.47. The summed E-state index contributed by atoms with van der Waals surface area (Å²) in [4.78, 5) is 0. The summed E-state index contributed by atoms with van der Waals surface area (Å²) in [5.74, 6) is 0.736. The Morgan fingerprint density at radius 2 is 1.84 bits per heavy atom. The average molecular weight is 272 g/mol. The molecule has 98 valence electrons. The standard InChI is InChI=1S/C17H18ClN/c1-12-7-10-16(15(18)11-12)19-17(14-8-9-14)13-5-3-2-4-6-13/h2-7,10-11,14,17,19H,8-9H2,1H3. The SMILES string of the molecule is Cc1ccc(NC(c2ccccc2)C2CC2)c(Cl)c1. The van der Waals surface area contributed by atoms with Crippen LogP contribution in [0.15, 0.2) is 48.5 Å². The molecule has 0 amide bonds. The van der Waals surface area contributed by atoms with Crippen LogP contribution in [0.1, 0.15) is 30.0 Å². The van der Waals surface area contributed by atoms with E-state index in [2.05, 4.69) is 54.7 Å². The first kappa shape index (κ1) is 12.6. The van der Waals surface area contributed by atoms with Crippen LogP contribution < -0.4 is 5.32 Å². The van der Waals surface area contributed by atoms with E-state index in [1.165, 1.54) is 24.0 Å². The van der Waals surface area contributed by atoms with Gasteiger partial charge in [-0.15, -0.1) is 0 Å². The first-order chi connectivity index (χ1) is 9.24. The lowest BCUT2D eigenvalue weighted by molar-refractivity contribution is 0.679. The number of rotatable bonds is 4. The van der Waals surface area contributed by atoms with Gasteiger partial charge in [0.1, 0.15) is 0 Å². The van der Waals surface area contributed by atoms with E-state index < -0.39 is 0 Å². The smallest absolute Gasteiger partial charge is 0.0640 e. The van der Waals surface area contributed by atoms with E-state index in [-0.39, 0.29) is 0 Å². The Labute approximate surface area is 119 Å². The fourth-order valence-electron chi connectivity index (χ4n) is 2.47. The molecule has 2 aromatic rings. The Kier molecular flexibility index (Phi) is 3.48. The molecular weight excluding hydrogens is 254 g/mol. The molecule has 1 fully saturated rings. The highest BCUT2D eigenvalue weighted by molar-refractivity contribution is 6.33. The topological polar surface area (TPSA) is 12.0 Å². The van der Waals surface area contributed by atoms with Gasteiger partial charge >= 0.3 is 0 Å². The molecule has 0 aliphatic heterocycles. The highest BCUT2D eigenvalue weighted by Crippen LogP contribution is 2.43. The molecule has 0 bridgehead atoms. The first-order valence-electron chi connectivity index (χ1n) is 6.81.